The lowest BCUT2D eigenvalue weighted by Crippen LogP contribution is -2.67. The van der Waals surface area contributed by atoms with Gasteiger partial charge in [0.1, 0.15) is 12.3 Å². The molecule has 11 nitrogen and oxygen atoms in total. The van der Waals surface area contributed by atoms with Gasteiger partial charge in [0.15, 0.2) is 5.34 Å². The monoisotopic (exact) mass is 664 g/mol. The van der Waals surface area contributed by atoms with Crippen molar-refractivity contribution < 1.29 is 33.4 Å². The molecule has 1 fully saturated rings. The number of hydrogen-bond donors (Lipinski definition) is 3. The number of aromatic nitrogens is 2. The topological polar surface area (TPSA) is 157 Å². The molecule has 0 amide bonds. The maximum Gasteiger partial charge on any atom is 0.359 e. The maximum atomic E-state index is 13.7. The number of ether oxygens (including phenoxy) is 1. The summed E-state index contributed by atoms with van der Waals surface area (Å²) in [6, 6.07) is 26.9. The average molecular weight is 665 g/mol. The molecule has 1 saturated heterocycles. The molecule has 0 radical (unpaired) electrons. The zero-order chi connectivity index (χ0) is 33.5. The molecule has 3 aromatic carbocycles. The first-order valence-electron chi connectivity index (χ1n) is 14.7. The predicted molar refractivity (Wildman–Crippen MR) is 175 cm³/mol. The van der Waals surface area contributed by atoms with Gasteiger partial charge in [0.2, 0.25) is 0 Å². The summed E-state index contributed by atoms with van der Waals surface area (Å²) in [6.07, 6.45) is -2.57. The van der Waals surface area contributed by atoms with Gasteiger partial charge in [-0.25, -0.2) is 4.79 Å². The summed E-state index contributed by atoms with van der Waals surface area (Å²) in [6.45, 7) is 7.06. The van der Waals surface area contributed by atoms with E-state index in [2.05, 4.69) is 0 Å². The van der Waals surface area contributed by atoms with Gasteiger partial charge in [-0.3, -0.25) is 18.7 Å². The minimum atomic E-state index is -5.31. The number of carbonyl (C=O) groups is 1. The summed E-state index contributed by atoms with van der Waals surface area (Å²) >= 11 is 0. The molecule has 3 atom stereocenters. The third kappa shape index (κ3) is 5.82. The molecule has 1 aromatic heterocycles. The number of rotatable bonds is 8. The van der Waals surface area contributed by atoms with Crippen molar-refractivity contribution in [3.63, 3.8) is 0 Å². The predicted octanol–water partition coefficient (Wildman–Crippen LogP) is 2.74. The molecule has 3 N–H and O–H groups in total. The van der Waals surface area contributed by atoms with Crippen molar-refractivity contribution in [1.29, 1.82) is 0 Å². The fourth-order valence-corrected chi connectivity index (χ4v) is 11.6. The maximum absolute atomic E-state index is 13.7. The van der Waals surface area contributed by atoms with Crippen LogP contribution in [0.3, 0.4) is 0 Å². The first kappa shape index (κ1) is 33.6. The van der Waals surface area contributed by atoms with E-state index in [1.165, 1.54) is 19.1 Å². The molecule has 2 heterocycles. The van der Waals surface area contributed by atoms with Gasteiger partial charge >= 0.3 is 13.3 Å². The van der Waals surface area contributed by atoms with Crippen LogP contribution in [0.15, 0.2) is 107 Å². The highest BCUT2D eigenvalue weighted by molar-refractivity contribution is 7.53. The molecule has 0 aliphatic carbocycles. The van der Waals surface area contributed by atoms with E-state index >= 15 is 0 Å². The van der Waals surface area contributed by atoms with Crippen LogP contribution in [-0.2, 0) is 13.7 Å². The van der Waals surface area contributed by atoms with Crippen LogP contribution in [-0.4, -0.2) is 56.3 Å². The molecule has 13 heteroatoms. The minimum absolute atomic E-state index is 0.0132. The standard InChI is InChI=1S/C33H37N2O9PSi/c1-23-21-34(31(38)35(29(23)36)30(37)24-14-8-5-9-15-24)28-20-33(39,45(40,41)42)27(44-28)22-43-46(32(2,3)4,25-16-10-6-11-17-25)26-18-12-7-13-19-26/h5-19,21,27-28,39H,20,22H2,1-4H3,(H2,40,41,42)/t27-,28-,33-/m1/s1. The second-order valence-corrected chi connectivity index (χ2v) is 18.7. The van der Waals surface area contributed by atoms with E-state index in [9.17, 15) is 33.8 Å². The molecule has 0 bridgehead atoms. The molecule has 0 unspecified atom stereocenters. The van der Waals surface area contributed by atoms with Gasteiger partial charge in [-0.05, 0) is 34.5 Å². The molecule has 46 heavy (non-hydrogen) atoms. The van der Waals surface area contributed by atoms with E-state index in [1.54, 1.807) is 18.2 Å². The Bertz CT molecular complexity index is 1850. The van der Waals surface area contributed by atoms with Crippen molar-refractivity contribution >= 4 is 32.2 Å². The molecule has 5 rings (SSSR count). The highest BCUT2D eigenvalue weighted by Crippen LogP contribution is 2.59. The Balaban J connectivity index is 1.58. The van der Waals surface area contributed by atoms with Crippen LogP contribution >= 0.6 is 7.60 Å². The Morgan fingerprint density at radius 2 is 1.46 bits per heavy atom. The normalized spacial score (nSPS) is 20.5. The number of benzene rings is 3. The Hall–Kier alpha value is -3.74. The summed E-state index contributed by atoms with van der Waals surface area (Å²) < 4.78 is 27.2. The largest absolute Gasteiger partial charge is 0.405 e. The number of nitrogens with zero attached hydrogens (tertiary/aromatic N) is 2. The summed E-state index contributed by atoms with van der Waals surface area (Å²) in [5, 5.41) is 10.2. The van der Waals surface area contributed by atoms with Crippen molar-refractivity contribution in [2.75, 3.05) is 6.61 Å². The lowest BCUT2D eigenvalue weighted by Gasteiger charge is -2.44. The summed E-state index contributed by atoms with van der Waals surface area (Å²) in [4.78, 5) is 60.8. The second-order valence-electron chi connectivity index (χ2n) is 12.5. The van der Waals surface area contributed by atoms with Gasteiger partial charge in [0.25, 0.3) is 19.8 Å². The Kier molecular flexibility index (Phi) is 9.10. The summed E-state index contributed by atoms with van der Waals surface area (Å²) in [5.41, 5.74) is -1.81. The van der Waals surface area contributed by atoms with Gasteiger partial charge < -0.3 is 24.1 Å². The fraction of sp³-hybridized carbons (Fsp3) is 0.303. The smallest absolute Gasteiger partial charge is 0.359 e. The molecule has 1 aliphatic heterocycles. The van der Waals surface area contributed by atoms with E-state index in [0.717, 1.165) is 21.1 Å². The van der Waals surface area contributed by atoms with Crippen molar-refractivity contribution in [2.45, 2.75) is 56.8 Å². The molecule has 0 spiro atoms. The van der Waals surface area contributed by atoms with Crippen LogP contribution in [0.2, 0.25) is 5.04 Å². The highest BCUT2D eigenvalue weighted by Gasteiger charge is 2.61. The number of hydrogen-bond acceptors (Lipinski definition) is 7. The van der Waals surface area contributed by atoms with E-state index in [4.69, 9.17) is 9.16 Å². The number of carbonyl (C=O) groups excluding carboxylic acids is 1. The van der Waals surface area contributed by atoms with E-state index in [0.29, 0.717) is 4.57 Å². The van der Waals surface area contributed by atoms with Crippen LogP contribution in [0.5, 0.6) is 0 Å². The third-order valence-electron chi connectivity index (χ3n) is 8.50. The second kappa shape index (κ2) is 12.5. The van der Waals surface area contributed by atoms with E-state index in [-0.39, 0.29) is 11.1 Å². The zero-order valence-electron chi connectivity index (χ0n) is 25.9. The van der Waals surface area contributed by atoms with Crippen LogP contribution in [0.4, 0.5) is 0 Å². The van der Waals surface area contributed by atoms with Crippen LogP contribution in [0, 0.1) is 6.92 Å². The van der Waals surface area contributed by atoms with Crippen molar-refractivity contribution in [3.8, 4) is 0 Å². The van der Waals surface area contributed by atoms with Gasteiger partial charge in [-0.2, -0.15) is 4.57 Å². The lowest BCUT2D eigenvalue weighted by atomic mass is 10.1. The van der Waals surface area contributed by atoms with Gasteiger partial charge in [-0.1, -0.05) is 99.6 Å². The molecule has 4 aromatic rings. The molecule has 242 valence electrons. The Morgan fingerprint density at radius 3 is 1.93 bits per heavy atom. The Labute approximate surface area is 267 Å². The van der Waals surface area contributed by atoms with Gasteiger partial charge in [-0.15, -0.1) is 0 Å². The highest BCUT2D eigenvalue weighted by atomic mass is 31.2. The average Bonchev–Trinajstić information content (AvgIpc) is 3.37. The van der Waals surface area contributed by atoms with Crippen molar-refractivity contribution in [1.82, 2.24) is 9.13 Å². The third-order valence-corrected chi connectivity index (χ3v) is 15.0. The summed E-state index contributed by atoms with van der Waals surface area (Å²) in [7, 11) is -8.54. The molecule has 0 saturated carbocycles. The first-order valence-corrected chi connectivity index (χ1v) is 18.3. The van der Waals surface area contributed by atoms with Crippen LogP contribution in [0.25, 0.3) is 0 Å². The van der Waals surface area contributed by atoms with Crippen LogP contribution in [0.1, 0.15) is 49.3 Å². The van der Waals surface area contributed by atoms with Gasteiger partial charge in [0.05, 0.1) is 6.61 Å². The molecular formula is C33H37N2O9PSi. The molecule has 1 aliphatic rings. The summed E-state index contributed by atoms with van der Waals surface area (Å²) in [5.74, 6) is -0.872. The SMILES string of the molecule is Cc1cn([C@H]2C[C@@](O)(P(=O)(O)O)[C@@H](CO[Si](c3ccccc3)(c3ccccc3)C(C)(C)C)O2)c(=O)n(C(=O)c2ccccc2)c1=O. The van der Waals surface area contributed by atoms with Crippen molar-refractivity contribution in [2.24, 2.45) is 0 Å². The lowest BCUT2D eigenvalue weighted by molar-refractivity contribution is -0.0584. The number of aryl methyl sites for hydroxylation is 1. The van der Waals surface area contributed by atoms with Crippen molar-refractivity contribution in [3.05, 3.63) is 129 Å². The zero-order valence-corrected chi connectivity index (χ0v) is 27.8. The fourth-order valence-electron chi connectivity index (χ4n) is 6.13. The van der Waals surface area contributed by atoms with Crippen LogP contribution < -0.4 is 21.6 Å². The van der Waals surface area contributed by atoms with E-state index < -0.39 is 68.8 Å². The van der Waals surface area contributed by atoms with E-state index in [1.807, 2.05) is 81.4 Å². The minimum Gasteiger partial charge on any atom is -0.405 e. The first-order chi connectivity index (χ1) is 21.6. The van der Waals surface area contributed by atoms with Gasteiger partial charge in [0, 0.05) is 23.7 Å². The molecular weight excluding hydrogens is 627 g/mol. The number of aliphatic hydroxyl groups is 1. The Morgan fingerprint density at radius 1 is 0.957 bits per heavy atom. The quantitative estimate of drug-likeness (QED) is 0.190.